The summed E-state index contributed by atoms with van der Waals surface area (Å²) in [5, 5.41) is 5.48. The molecule has 0 aliphatic carbocycles. The van der Waals surface area contributed by atoms with E-state index >= 15 is 0 Å². The van der Waals surface area contributed by atoms with Crippen LogP contribution in [-0.4, -0.2) is 35.8 Å². The van der Waals surface area contributed by atoms with Crippen LogP contribution in [-0.2, 0) is 16.1 Å². The molecule has 1 fully saturated rings. The van der Waals surface area contributed by atoms with Crippen LogP contribution in [0.3, 0.4) is 0 Å². The fraction of sp³-hybridized carbons (Fsp3) is 0.364. The van der Waals surface area contributed by atoms with Gasteiger partial charge in [-0.05, 0) is 50.6 Å². The minimum absolute atomic E-state index is 0.0268. The number of nitrogens with one attached hydrogen (secondary N) is 2. The van der Waals surface area contributed by atoms with Crippen LogP contribution in [0.1, 0.15) is 25.3 Å². The number of nitrogens with zero attached hydrogens (tertiary/aromatic N) is 1. The number of halogens is 2. The van der Waals surface area contributed by atoms with Gasteiger partial charge in [-0.3, -0.25) is 14.5 Å². The Kier molecular flexibility index (Phi) is 6.93. The highest BCUT2D eigenvalue weighted by molar-refractivity contribution is 5.94. The second-order valence-corrected chi connectivity index (χ2v) is 7.30. The maximum atomic E-state index is 13.7. The van der Waals surface area contributed by atoms with E-state index in [9.17, 15) is 18.4 Å². The first-order chi connectivity index (χ1) is 13.9. The molecule has 5 nitrogen and oxygen atoms in total. The molecule has 1 aliphatic heterocycles. The van der Waals surface area contributed by atoms with E-state index in [1.807, 2.05) is 35.2 Å². The first-order valence-corrected chi connectivity index (χ1v) is 9.75. The Morgan fingerprint density at radius 2 is 1.79 bits per heavy atom. The molecule has 1 aliphatic rings. The van der Waals surface area contributed by atoms with E-state index in [0.717, 1.165) is 17.7 Å². The average molecular weight is 401 g/mol. The molecule has 0 radical (unpaired) electrons. The monoisotopic (exact) mass is 401 g/mol. The topological polar surface area (TPSA) is 61.4 Å². The van der Waals surface area contributed by atoms with Gasteiger partial charge in [-0.15, -0.1) is 0 Å². The van der Waals surface area contributed by atoms with Crippen molar-refractivity contribution in [2.75, 3.05) is 18.4 Å². The molecule has 2 N–H and O–H groups in total. The van der Waals surface area contributed by atoms with Crippen molar-refractivity contribution in [1.29, 1.82) is 0 Å². The lowest BCUT2D eigenvalue weighted by molar-refractivity contribution is -0.127. The summed E-state index contributed by atoms with van der Waals surface area (Å²) in [4.78, 5) is 26.8. The molecule has 0 spiro atoms. The summed E-state index contributed by atoms with van der Waals surface area (Å²) < 4.78 is 26.7. The van der Waals surface area contributed by atoms with Crippen LogP contribution in [0, 0.1) is 17.6 Å². The Labute approximate surface area is 169 Å². The van der Waals surface area contributed by atoms with Crippen molar-refractivity contribution in [2.24, 2.45) is 5.92 Å². The van der Waals surface area contributed by atoms with Gasteiger partial charge in [-0.1, -0.05) is 30.3 Å². The highest BCUT2D eigenvalue weighted by atomic mass is 19.1. The van der Waals surface area contributed by atoms with Gasteiger partial charge in [0.05, 0.1) is 11.7 Å². The summed E-state index contributed by atoms with van der Waals surface area (Å²) in [6.45, 7) is 3.45. The van der Waals surface area contributed by atoms with Gasteiger partial charge in [0.2, 0.25) is 11.8 Å². The highest BCUT2D eigenvalue weighted by Crippen LogP contribution is 2.21. The molecule has 0 bridgehead atoms. The standard InChI is InChI=1S/C22H25F2N3O2/c1-15(21(28)26-20-8-7-18(23)13-19(20)24)27-11-9-17(10-12-27)22(29)25-14-16-5-3-2-4-6-16/h2-8,13,15,17H,9-12,14H2,1H3,(H,25,29)(H,26,28). The van der Waals surface area contributed by atoms with Crippen LogP contribution in [0.25, 0.3) is 0 Å². The predicted molar refractivity (Wildman–Crippen MR) is 107 cm³/mol. The second-order valence-electron chi connectivity index (χ2n) is 7.30. The van der Waals surface area contributed by atoms with E-state index in [-0.39, 0.29) is 23.4 Å². The third-order valence-electron chi connectivity index (χ3n) is 5.33. The van der Waals surface area contributed by atoms with Crippen LogP contribution in [0.2, 0.25) is 0 Å². The third kappa shape index (κ3) is 5.60. The van der Waals surface area contributed by atoms with Crippen molar-refractivity contribution in [1.82, 2.24) is 10.2 Å². The summed E-state index contributed by atoms with van der Waals surface area (Å²) in [5.74, 6) is -1.92. The van der Waals surface area contributed by atoms with E-state index in [1.165, 1.54) is 6.07 Å². The molecule has 1 heterocycles. The number of amides is 2. The first-order valence-electron chi connectivity index (χ1n) is 9.75. The van der Waals surface area contributed by atoms with Crippen molar-refractivity contribution in [3.8, 4) is 0 Å². The Balaban J connectivity index is 1.46. The van der Waals surface area contributed by atoms with E-state index in [2.05, 4.69) is 10.6 Å². The molecular weight excluding hydrogens is 376 g/mol. The summed E-state index contributed by atoms with van der Waals surface area (Å²) in [6.07, 6.45) is 1.31. The van der Waals surface area contributed by atoms with Gasteiger partial charge in [0.15, 0.2) is 0 Å². The Morgan fingerprint density at radius 3 is 2.45 bits per heavy atom. The van der Waals surface area contributed by atoms with Crippen LogP contribution >= 0.6 is 0 Å². The number of anilines is 1. The summed E-state index contributed by atoms with van der Waals surface area (Å²) >= 11 is 0. The van der Waals surface area contributed by atoms with E-state index in [4.69, 9.17) is 0 Å². The lowest BCUT2D eigenvalue weighted by atomic mass is 9.94. The highest BCUT2D eigenvalue weighted by Gasteiger charge is 2.30. The zero-order valence-electron chi connectivity index (χ0n) is 16.3. The Hall–Kier alpha value is -2.80. The van der Waals surface area contributed by atoms with E-state index < -0.39 is 17.7 Å². The van der Waals surface area contributed by atoms with Crippen molar-refractivity contribution in [3.05, 3.63) is 65.7 Å². The number of piperidine rings is 1. The van der Waals surface area contributed by atoms with Gasteiger partial charge < -0.3 is 10.6 Å². The van der Waals surface area contributed by atoms with Crippen LogP contribution < -0.4 is 10.6 Å². The SMILES string of the molecule is CC(C(=O)Nc1ccc(F)cc1F)N1CCC(C(=O)NCc2ccccc2)CC1. The van der Waals surface area contributed by atoms with Gasteiger partial charge in [0, 0.05) is 18.5 Å². The van der Waals surface area contributed by atoms with Gasteiger partial charge >= 0.3 is 0 Å². The van der Waals surface area contributed by atoms with Crippen LogP contribution in [0.5, 0.6) is 0 Å². The lowest BCUT2D eigenvalue weighted by Gasteiger charge is -2.34. The van der Waals surface area contributed by atoms with Crippen molar-refractivity contribution < 1.29 is 18.4 Å². The van der Waals surface area contributed by atoms with Crippen LogP contribution in [0.4, 0.5) is 14.5 Å². The third-order valence-corrected chi connectivity index (χ3v) is 5.33. The van der Waals surface area contributed by atoms with Gasteiger partial charge in [0.25, 0.3) is 0 Å². The fourth-order valence-corrected chi connectivity index (χ4v) is 3.47. The number of rotatable bonds is 6. The van der Waals surface area contributed by atoms with Gasteiger partial charge in [-0.2, -0.15) is 0 Å². The van der Waals surface area contributed by atoms with Crippen molar-refractivity contribution in [2.45, 2.75) is 32.4 Å². The number of benzene rings is 2. The summed E-state index contributed by atoms with van der Waals surface area (Å²) in [6, 6.07) is 12.3. The van der Waals surface area contributed by atoms with Crippen molar-refractivity contribution in [3.63, 3.8) is 0 Å². The summed E-state index contributed by atoms with van der Waals surface area (Å²) in [7, 11) is 0. The molecule has 29 heavy (non-hydrogen) atoms. The molecule has 1 saturated heterocycles. The zero-order chi connectivity index (χ0) is 20.8. The number of carbonyl (C=O) groups is 2. The molecule has 154 valence electrons. The zero-order valence-corrected chi connectivity index (χ0v) is 16.3. The first kappa shape index (κ1) is 20.9. The smallest absolute Gasteiger partial charge is 0.241 e. The van der Waals surface area contributed by atoms with Gasteiger partial charge in [0.1, 0.15) is 11.6 Å². The molecule has 1 unspecified atom stereocenters. The largest absolute Gasteiger partial charge is 0.352 e. The Morgan fingerprint density at radius 1 is 1.10 bits per heavy atom. The molecule has 0 saturated carbocycles. The molecular formula is C22H25F2N3O2. The Bertz CT molecular complexity index is 852. The molecule has 2 aromatic rings. The number of likely N-dealkylation sites (tertiary alicyclic amines) is 1. The number of hydrogen-bond acceptors (Lipinski definition) is 3. The normalized spacial score (nSPS) is 16.2. The van der Waals surface area contributed by atoms with Crippen LogP contribution in [0.15, 0.2) is 48.5 Å². The predicted octanol–water partition coefficient (Wildman–Crippen LogP) is 3.32. The average Bonchev–Trinajstić information content (AvgIpc) is 2.74. The minimum atomic E-state index is -0.806. The second kappa shape index (κ2) is 9.60. The summed E-state index contributed by atoms with van der Waals surface area (Å²) in [5.41, 5.74) is 1.01. The fourth-order valence-electron chi connectivity index (χ4n) is 3.47. The quantitative estimate of drug-likeness (QED) is 0.781. The molecule has 1 atom stereocenters. The van der Waals surface area contributed by atoms with Crippen molar-refractivity contribution >= 4 is 17.5 Å². The molecule has 3 rings (SSSR count). The van der Waals surface area contributed by atoms with E-state index in [1.54, 1.807) is 6.92 Å². The molecule has 7 heteroatoms. The maximum Gasteiger partial charge on any atom is 0.241 e. The lowest BCUT2D eigenvalue weighted by Crippen LogP contribution is -2.48. The maximum absolute atomic E-state index is 13.7. The van der Waals surface area contributed by atoms with E-state index in [0.29, 0.717) is 32.5 Å². The minimum Gasteiger partial charge on any atom is -0.352 e. The molecule has 2 aromatic carbocycles. The number of hydrogen-bond donors (Lipinski definition) is 2. The van der Waals surface area contributed by atoms with Gasteiger partial charge in [-0.25, -0.2) is 8.78 Å². The molecule has 2 amide bonds. The molecule has 0 aromatic heterocycles. The number of carbonyl (C=O) groups excluding carboxylic acids is 2.